The maximum atomic E-state index is 5.28. The van der Waals surface area contributed by atoms with Crippen molar-refractivity contribution in [2.45, 2.75) is 19.3 Å². The molecule has 0 saturated carbocycles. The van der Waals surface area contributed by atoms with Crippen LogP contribution in [0.1, 0.15) is 17.7 Å². The summed E-state index contributed by atoms with van der Waals surface area (Å²) < 4.78 is 5.28. The summed E-state index contributed by atoms with van der Waals surface area (Å²) in [5.41, 5.74) is 4.56. The van der Waals surface area contributed by atoms with Crippen LogP contribution in [0, 0.1) is 0 Å². The van der Waals surface area contributed by atoms with Gasteiger partial charge in [-0.25, -0.2) is 4.98 Å². The van der Waals surface area contributed by atoms with Gasteiger partial charge in [0.1, 0.15) is 5.52 Å². The summed E-state index contributed by atoms with van der Waals surface area (Å²) in [7, 11) is 0. The minimum Gasteiger partial charge on any atom is -0.463 e. The largest absolute Gasteiger partial charge is 0.463 e. The van der Waals surface area contributed by atoms with E-state index in [2.05, 4.69) is 11.1 Å². The van der Waals surface area contributed by atoms with E-state index in [1.54, 1.807) is 6.26 Å². The average Bonchev–Trinajstić information content (AvgIpc) is 2.64. The molecule has 0 N–H and O–H groups in total. The number of hydrogen-bond donors (Lipinski definition) is 0. The number of rotatable bonds is 0. The van der Waals surface area contributed by atoms with Crippen molar-refractivity contribution in [2.75, 3.05) is 0 Å². The van der Waals surface area contributed by atoms with E-state index in [1.807, 2.05) is 6.07 Å². The number of aryl methyl sites for hydroxylation is 2. The third-order valence-electron chi connectivity index (χ3n) is 2.46. The Morgan fingerprint density at radius 3 is 3.33 bits per heavy atom. The van der Waals surface area contributed by atoms with Crippen molar-refractivity contribution in [1.82, 2.24) is 4.98 Å². The van der Waals surface area contributed by atoms with Crippen molar-refractivity contribution in [3.05, 3.63) is 29.7 Å². The smallest absolute Gasteiger partial charge is 0.152 e. The van der Waals surface area contributed by atoms with Gasteiger partial charge in [-0.05, 0) is 30.9 Å². The Morgan fingerprint density at radius 1 is 1.33 bits per heavy atom. The molecule has 12 heavy (non-hydrogen) atoms. The zero-order valence-electron chi connectivity index (χ0n) is 6.71. The van der Waals surface area contributed by atoms with E-state index < -0.39 is 0 Å². The first-order valence-corrected chi connectivity index (χ1v) is 4.29. The topological polar surface area (TPSA) is 26.0 Å². The summed E-state index contributed by atoms with van der Waals surface area (Å²) in [5, 5.41) is 0. The molecule has 2 heterocycles. The minimum atomic E-state index is 0.927. The number of nitrogens with zero attached hydrogens (tertiary/aromatic N) is 1. The molecule has 0 spiro atoms. The van der Waals surface area contributed by atoms with E-state index in [9.17, 15) is 0 Å². The molecule has 0 atom stereocenters. The summed E-state index contributed by atoms with van der Waals surface area (Å²) in [6.45, 7) is 0. The maximum absolute atomic E-state index is 5.28. The van der Waals surface area contributed by atoms with E-state index in [4.69, 9.17) is 4.42 Å². The molecule has 1 aliphatic rings. The lowest BCUT2D eigenvalue weighted by molar-refractivity contribution is 0.615. The lowest BCUT2D eigenvalue weighted by Gasteiger charge is -1.95. The molecule has 2 aromatic rings. The van der Waals surface area contributed by atoms with Crippen molar-refractivity contribution < 1.29 is 4.42 Å². The third kappa shape index (κ3) is 0.721. The predicted octanol–water partition coefficient (Wildman–Crippen LogP) is 2.32. The molecule has 0 fully saturated rings. The Labute approximate surface area is 70.2 Å². The first-order valence-electron chi connectivity index (χ1n) is 4.29. The van der Waals surface area contributed by atoms with Crippen molar-refractivity contribution in [1.29, 1.82) is 0 Å². The maximum Gasteiger partial charge on any atom is 0.152 e. The molecule has 2 aromatic heterocycles. The Morgan fingerprint density at radius 2 is 2.33 bits per heavy atom. The summed E-state index contributed by atoms with van der Waals surface area (Å²) in [4.78, 5) is 4.52. The van der Waals surface area contributed by atoms with Crippen LogP contribution in [-0.2, 0) is 12.8 Å². The van der Waals surface area contributed by atoms with Crippen LogP contribution in [0.2, 0.25) is 0 Å². The second kappa shape index (κ2) is 2.09. The zero-order chi connectivity index (χ0) is 7.97. The standard InChI is InChI=1S/C10H9NO/c1-2-7-6-10-9(4-5-12-10)11-8(7)3-1/h4-6H,1-3H2. The van der Waals surface area contributed by atoms with E-state index in [1.165, 1.54) is 24.1 Å². The summed E-state index contributed by atoms with van der Waals surface area (Å²) >= 11 is 0. The highest BCUT2D eigenvalue weighted by Crippen LogP contribution is 2.24. The van der Waals surface area contributed by atoms with Crippen LogP contribution >= 0.6 is 0 Å². The number of hydrogen-bond acceptors (Lipinski definition) is 2. The van der Waals surface area contributed by atoms with Gasteiger partial charge in [-0.2, -0.15) is 0 Å². The monoisotopic (exact) mass is 159 g/mol. The highest BCUT2D eigenvalue weighted by atomic mass is 16.3. The van der Waals surface area contributed by atoms with Crippen LogP contribution in [0.4, 0.5) is 0 Å². The Kier molecular flexibility index (Phi) is 1.09. The second-order valence-corrected chi connectivity index (χ2v) is 3.25. The van der Waals surface area contributed by atoms with Crippen molar-refractivity contribution >= 4 is 11.1 Å². The van der Waals surface area contributed by atoms with Gasteiger partial charge in [0.25, 0.3) is 0 Å². The Bertz CT molecular complexity index is 392. The van der Waals surface area contributed by atoms with Gasteiger partial charge in [0.2, 0.25) is 0 Å². The lowest BCUT2D eigenvalue weighted by Crippen LogP contribution is -1.86. The van der Waals surface area contributed by atoms with Crippen LogP contribution in [-0.4, -0.2) is 4.98 Å². The molecule has 0 radical (unpaired) electrons. The Hall–Kier alpha value is -1.31. The minimum absolute atomic E-state index is 0.927. The van der Waals surface area contributed by atoms with Crippen molar-refractivity contribution in [3.8, 4) is 0 Å². The molecule has 0 saturated heterocycles. The van der Waals surface area contributed by atoms with Gasteiger partial charge in [-0.1, -0.05) is 0 Å². The van der Waals surface area contributed by atoms with Crippen molar-refractivity contribution in [2.24, 2.45) is 0 Å². The summed E-state index contributed by atoms with van der Waals surface area (Å²) in [5.74, 6) is 0. The van der Waals surface area contributed by atoms with E-state index in [0.29, 0.717) is 0 Å². The molecule has 1 aliphatic carbocycles. The summed E-state index contributed by atoms with van der Waals surface area (Å²) in [6.07, 6.45) is 5.25. The number of fused-ring (bicyclic) bond motifs is 2. The van der Waals surface area contributed by atoms with Gasteiger partial charge in [-0.3, -0.25) is 0 Å². The molecule has 60 valence electrons. The highest BCUT2D eigenvalue weighted by molar-refractivity contribution is 5.73. The molecular weight excluding hydrogens is 150 g/mol. The number of furan rings is 1. The Balaban J connectivity index is 2.38. The van der Waals surface area contributed by atoms with Crippen LogP contribution in [0.5, 0.6) is 0 Å². The molecule has 0 unspecified atom stereocenters. The number of aromatic nitrogens is 1. The van der Waals surface area contributed by atoms with Crippen LogP contribution in [0.3, 0.4) is 0 Å². The van der Waals surface area contributed by atoms with Crippen LogP contribution in [0.15, 0.2) is 22.8 Å². The molecular formula is C10H9NO. The van der Waals surface area contributed by atoms with Gasteiger partial charge >= 0.3 is 0 Å². The molecule has 0 amide bonds. The van der Waals surface area contributed by atoms with Crippen molar-refractivity contribution in [3.63, 3.8) is 0 Å². The third-order valence-corrected chi connectivity index (χ3v) is 2.46. The van der Waals surface area contributed by atoms with Gasteiger partial charge in [0.05, 0.1) is 6.26 Å². The van der Waals surface area contributed by atoms with E-state index in [0.717, 1.165) is 17.5 Å². The SMILES string of the molecule is c1cc2nc3c(cc2o1)CCC3. The van der Waals surface area contributed by atoms with Gasteiger partial charge in [0.15, 0.2) is 5.58 Å². The fraction of sp³-hybridized carbons (Fsp3) is 0.300. The normalized spacial score (nSPS) is 15.3. The predicted molar refractivity (Wildman–Crippen MR) is 46.0 cm³/mol. The molecule has 2 heteroatoms. The zero-order valence-corrected chi connectivity index (χ0v) is 6.71. The molecule has 0 bridgehead atoms. The van der Waals surface area contributed by atoms with Gasteiger partial charge in [0, 0.05) is 11.8 Å². The lowest BCUT2D eigenvalue weighted by atomic mass is 10.2. The quantitative estimate of drug-likeness (QED) is 0.589. The summed E-state index contributed by atoms with van der Waals surface area (Å²) in [6, 6.07) is 4.05. The second-order valence-electron chi connectivity index (χ2n) is 3.25. The molecule has 3 rings (SSSR count). The highest BCUT2D eigenvalue weighted by Gasteiger charge is 2.13. The average molecular weight is 159 g/mol. The van der Waals surface area contributed by atoms with Gasteiger partial charge in [-0.15, -0.1) is 0 Å². The molecule has 2 nitrogen and oxygen atoms in total. The molecule has 0 aliphatic heterocycles. The van der Waals surface area contributed by atoms with Gasteiger partial charge < -0.3 is 4.42 Å². The fourth-order valence-corrected chi connectivity index (χ4v) is 1.85. The first kappa shape index (κ1) is 6.23. The number of pyridine rings is 1. The molecule has 0 aromatic carbocycles. The van der Waals surface area contributed by atoms with Crippen LogP contribution < -0.4 is 0 Å². The van der Waals surface area contributed by atoms with E-state index in [-0.39, 0.29) is 0 Å². The first-order chi connectivity index (χ1) is 5.93. The van der Waals surface area contributed by atoms with E-state index >= 15 is 0 Å². The van der Waals surface area contributed by atoms with Crippen LogP contribution in [0.25, 0.3) is 11.1 Å². The fourth-order valence-electron chi connectivity index (χ4n) is 1.85.